The summed E-state index contributed by atoms with van der Waals surface area (Å²) in [7, 11) is 0. The highest BCUT2D eigenvalue weighted by molar-refractivity contribution is 6.41. The van der Waals surface area contributed by atoms with Crippen molar-refractivity contribution in [2.75, 3.05) is 10.6 Å². The van der Waals surface area contributed by atoms with E-state index in [-0.39, 0.29) is 36.7 Å². The van der Waals surface area contributed by atoms with Crippen molar-refractivity contribution in [2.45, 2.75) is 63.0 Å². The van der Waals surface area contributed by atoms with Crippen LogP contribution in [-0.2, 0) is 4.79 Å². The van der Waals surface area contributed by atoms with Gasteiger partial charge in [-0.3, -0.25) is 9.36 Å². The number of hydrogen-bond donors (Lipinski definition) is 3. The summed E-state index contributed by atoms with van der Waals surface area (Å²) in [5.74, 6) is -2.46. The summed E-state index contributed by atoms with van der Waals surface area (Å²) in [6.45, 7) is 0. The van der Waals surface area contributed by atoms with Crippen LogP contribution in [0.3, 0.4) is 0 Å². The molecule has 1 atom stereocenters. The predicted molar refractivity (Wildman–Crippen MR) is 136 cm³/mol. The van der Waals surface area contributed by atoms with E-state index in [9.17, 15) is 13.6 Å². The molecule has 0 saturated heterocycles. The third-order valence-corrected chi connectivity index (χ3v) is 7.69. The van der Waals surface area contributed by atoms with Crippen molar-refractivity contribution in [2.24, 2.45) is 11.7 Å². The average Bonchev–Trinajstić information content (AvgIpc) is 3.34. The maximum absolute atomic E-state index is 13.7. The first-order valence-electron chi connectivity index (χ1n) is 11.7. The van der Waals surface area contributed by atoms with Gasteiger partial charge >= 0.3 is 0 Å². The fourth-order valence-electron chi connectivity index (χ4n) is 5.04. The molecule has 1 amide bonds. The minimum atomic E-state index is -2.68. The van der Waals surface area contributed by atoms with Gasteiger partial charge in [-0.05, 0) is 44.2 Å². The van der Waals surface area contributed by atoms with Gasteiger partial charge < -0.3 is 16.4 Å². The average molecular weight is 559 g/mol. The van der Waals surface area contributed by atoms with E-state index in [0.29, 0.717) is 70.0 Å². The number of imidazole rings is 1. The number of carbonyl (C=O) groups is 1. The standard InChI is InChI=1S/C23H24Cl3F2N7O/c24-12-7-15(25)18(16(26)8-12)33-22-32-17-10-30-21(31-13-5-6-23(27,28)9-13)34-20(17)35(22)14-3-1-11(2-4-14)19(29)36/h7-8,10-11,13-14H,1-6,9H2,(H2,29,36)(H,32,33)(H,30,31,34)/t11-,13-,14+/m0/s1. The number of alkyl halides is 2. The molecule has 2 saturated carbocycles. The highest BCUT2D eigenvalue weighted by Gasteiger charge is 2.39. The number of carbonyl (C=O) groups excluding carboxylic acids is 1. The Bertz CT molecular complexity index is 1290. The van der Waals surface area contributed by atoms with Crippen molar-refractivity contribution < 1.29 is 13.6 Å². The molecule has 13 heteroatoms. The highest BCUT2D eigenvalue weighted by atomic mass is 35.5. The van der Waals surface area contributed by atoms with Crippen LogP contribution in [-0.4, -0.2) is 37.4 Å². The van der Waals surface area contributed by atoms with E-state index in [1.807, 2.05) is 4.57 Å². The van der Waals surface area contributed by atoms with Gasteiger partial charge in [-0.1, -0.05) is 34.8 Å². The molecule has 2 aromatic heterocycles. The lowest BCUT2D eigenvalue weighted by Crippen LogP contribution is -2.29. The second kappa shape index (κ2) is 9.79. The number of nitrogens with zero attached hydrogens (tertiary/aromatic N) is 4. The fraction of sp³-hybridized carbons (Fsp3) is 0.478. The van der Waals surface area contributed by atoms with Gasteiger partial charge in [0.05, 0.1) is 21.9 Å². The molecule has 0 aliphatic heterocycles. The van der Waals surface area contributed by atoms with E-state index >= 15 is 0 Å². The van der Waals surface area contributed by atoms with Gasteiger partial charge in [0.15, 0.2) is 5.65 Å². The Labute approximate surface area is 220 Å². The van der Waals surface area contributed by atoms with Crippen molar-refractivity contribution in [3.8, 4) is 0 Å². The molecule has 0 bridgehead atoms. The second-order valence-corrected chi connectivity index (χ2v) is 10.7. The third kappa shape index (κ3) is 5.17. The number of nitrogens with one attached hydrogen (secondary N) is 2. The Kier molecular flexibility index (Phi) is 6.86. The number of aromatic nitrogens is 4. The summed E-state index contributed by atoms with van der Waals surface area (Å²) in [6.07, 6.45) is 4.10. The van der Waals surface area contributed by atoms with Crippen molar-refractivity contribution in [3.63, 3.8) is 0 Å². The zero-order valence-electron chi connectivity index (χ0n) is 19.1. The Morgan fingerprint density at radius 1 is 1.08 bits per heavy atom. The number of fused-ring (bicyclic) bond motifs is 1. The first-order chi connectivity index (χ1) is 17.1. The van der Waals surface area contributed by atoms with Gasteiger partial charge in [0.2, 0.25) is 23.7 Å². The van der Waals surface area contributed by atoms with Crippen LogP contribution in [0, 0.1) is 5.92 Å². The Hall–Kier alpha value is -2.43. The Morgan fingerprint density at radius 2 is 1.78 bits per heavy atom. The van der Waals surface area contributed by atoms with Gasteiger partial charge in [0.25, 0.3) is 0 Å². The van der Waals surface area contributed by atoms with Crippen LogP contribution in [0.4, 0.5) is 26.4 Å². The van der Waals surface area contributed by atoms with E-state index in [1.165, 1.54) is 0 Å². The summed E-state index contributed by atoms with van der Waals surface area (Å²) >= 11 is 18.9. The lowest BCUT2D eigenvalue weighted by Gasteiger charge is -2.29. The Balaban J connectivity index is 1.52. The molecular weight excluding hydrogens is 535 g/mol. The molecule has 8 nitrogen and oxygen atoms in total. The minimum Gasteiger partial charge on any atom is -0.369 e. The highest BCUT2D eigenvalue weighted by Crippen LogP contribution is 2.40. The molecule has 36 heavy (non-hydrogen) atoms. The molecule has 2 fully saturated rings. The monoisotopic (exact) mass is 557 g/mol. The van der Waals surface area contributed by atoms with Crippen LogP contribution in [0.1, 0.15) is 51.0 Å². The van der Waals surface area contributed by atoms with Gasteiger partial charge in [0, 0.05) is 35.9 Å². The fourth-order valence-corrected chi connectivity index (χ4v) is 5.95. The van der Waals surface area contributed by atoms with E-state index in [0.717, 1.165) is 0 Å². The number of halogens is 5. The number of nitrogens with two attached hydrogens (primary N) is 1. The topological polar surface area (TPSA) is 111 Å². The number of benzene rings is 1. The number of amides is 1. The maximum Gasteiger partial charge on any atom is 0.250 e. The molecule has 0 radical (unpaired) electrons. The van der Waals surface area contributed by atoms with E-state index in [4.69, 9.17) is 40.5 Å². The quantitative estimate of drug-likeness (QED) is 0.325. The van der Waals surface area contributed by atoms with Crippen LogP contribution in [0.5, 0.6) is 0 Å². The van der Waals surface area contributed by atoms with Crippen LogP contribution < -0.4 is 16.4 Å². The van der Waals surface area contributed by atoms with Crippen molar-refractivity contribution in [1.29, 1.82) is 0 Å². The van der Waals surface area contributed by atoms with Gasteiger partial charge in [-0.2, -0.15) is 4.98 Å². The maximum atomic E-state index is 13.7. The van der Waals surface area contributed by atoms with E-state index in [1.54, 1.807) is 18.3 Å². The zero-order chi connectivity index (χ0) is 25.6. The summed E-state index contributed by atoms with van der Waals surface area (Å²) in [5.41, 5.74) is 7.00. The smallest absolute Gasteiger partial charge is 0.250 e. The molecule has 3 aromatic rings. The van der Waals surface area contributed by atoms with Crippen molar-refractivity contribution >= 4 is 69.5 Å². The number of anilines is 3. The molecule has 1 aromatic carbocycles. The summed E-state index contributed by atoms with van der Waals surface area (Å²) < 4.78 is 29.3. The number of primary amides is 1. The van der Waals surface area contributed by atoms with Crippen LogP contribution in [0.2, 0.25) is 15.1 Å². The molecule has 2 aliphatic rings. The summed E-state index contributed by atoms with van der Waals surface area (Å²) in [4.78, 5) is 25.3. The third-order valence-electron chi connectivity index (χ3n) is 6.88. The lowest BCUT2D eigenvalue weighted by molar-refractivity contribution is -0.122. The van der Waals surface area contributed by atoms with Gasteiger partial charge in [-0.15, -0.1) is 0 Å². The predicted octanol–water partition coefficient (Wildman–Crippen LogP) is 6.35. The first kappa shape index (κ1) is 25.2. The van der Waals surface area contributed by atoms with E-state index in [2.05, 4.69) is 25.6 Å². The van der Waals surface area contributed by atoms with Crippen molar-refractivity contribution in [1.82, 2.24) is 19.5 Å². The van der Waals surface area contributed by atoms with Crippen LogP contribution in [0.15, 0.2) is 18.3 Å². The second-order valence-electron chi connectivity index (χ2n) is 9.43. The summed E-state index contributed by atoms with van der Waals surface area (Å²) in [6, 6.07) is 2.68. The normalized spacial score (nSPS) is 23.6. The lowest BCUT2D eigenvalue weighted by atomic mass is 9.85. The number of rotatable bonds is 6. The molecule has 0 spiro atoms. The largest absolute Gasteiger partial charge is 0.369 e. The molecule has 2 aliphatic carbocycles. The first-order valence-corrected chi connectivity index (χ1v) is 12.8. The van der Waals surface area contributed by atoms with Crippen LogP contribution >= 0.6 is 34.8 Å². The molecule has 2 heterocycles. The van der Waals surface area contributed by atoms with Gasteiger partial charge in [-0.25, -0.2) is 18.7 Å². The molecule has 192 valence electrons. The molecule has 0 unspecified atom stereocenters. The van der Waals surface area contributed by atoms with E-state index < -0.39 is 12.0 Å². The van der Waals surface area contributed by atoms with Crippen LogP contribution in [0.25, 0.3) is 11.2 Å². The molecule has 5 rings (SSSR count). The SMILES string of the molecule is NC(=O)[C@H]1CC[C@@H](n2c(Nc3c(Cl)cc(Cl)cc3Cl)nc3cnc(N[C@H]4CCC(F)(F)C4)nc32)CC1. The molecule has 4 N–H and O–H groups in total. The summed E-state index contributed by atoms with van der Waals surface area (Å²) in [5, 5.41) is 7.29. The Morgan fingerprint density at radius 3 is 2.39 bits per heavy atom. The number of hydrogen-bond acceptors (Lipinski definition) is 6. The zero-order valence-corrected chi connectivity index (χ0v) is 21.3. The minimum absolute atomic E-state index is 0.0449. The van der Waals surface area contributed by atoms with Gasteiger partial charge in [0.1, 0.15) is 5.52 Å². The van der Waals surface area contributed by atoms with Crippen molar-refractivity contribution in [3.05, 3.63) is 33.4 Å². The molecular formula is C23H24Cl3F2N7O.